The third kappa shape index (κ3) is 4.09. The van der Waals surface area contributed by atoms with Gasteiger partial charge < -0.3 is 10.2 Å². The van der Waals surface area contributed by atoms with Crippen molar-refractivity contribution in [1.29, 1.82) is 5.26 Å². The maximum atomic E-state index is 12.3. The third-order valence-corrected chi connectivity index (χ3v) is 4.66. The lowest BCUT2D eigenvalue weighted by molar-refractivity contribution is -0.130. The van der Waals surface area contributed by atoms with Crippen molar-refractivity contribution in [2.45, 2.75) is 45.3 Å². The monoisotopic (exact) mass is 352 g/mol. The van der Waals surface area contributed by atoms with Crippen molar-refractivity contribution in [3.05, 3.63) is 36.2 Å². The van der Waals surface area contributed by atoms with E-state index in [1.165, 1.54) is 0 Å². The van der Waals surface area contributed by atoms with E-state index in [0.717, 1.165) is 24.2 Å². The average molecular weight is 352 g/mol. The lowest BCUT2D eigenvalue weighted by Crippen LogP contribution is -2.43. The topological polar surface area (TPSA) is 86.8 Å². The quantitative estimate of drug-likeness (QED) is 0.856. The van der Waals surface area contributed by atoms with Gasteiger partial charge in [-0.15, -0.1) is 0 Å². The Balaban J connectivity index is 1.55. The van der Waals surface area contributed by atoms with Gasteiger partial charge in [-0.1, -0.05) is 30.3 Å². The van der Waals surface area contributed by atoms with Crippen molar-refractivity contribution in [2.75, 3.05) is 13.1 Å². The first kappa shape index (κ1) is 18.1. The first-order chi connectivity index (χ1) is 12.6. The number of hydrogen-bond donors (Lipinski definition) is 1. The highest BCUT2D eigenvalue weighted by atomic mass is 16.2. The van der Waals surface area contributed by atoms with Crippen LogP contribution in [-0.2, 0) is 11.3 Å². The second kappa shape index (κ2) is 8.11. The molecule has 0 aliphatic carbocycles. The van der Waals surface area contributed by atoms with Crippen LogP contribution in [0.15, 0.2) is 30.3 Å². The number of likely N-dealkylation sites (tertiary alicyclic amines) is 1. The van der Waals surface area contributed by atoms with Crippen LogP contribution in [-0.4, -0.2) is 50.7 Å². The molecule has 1 aromatic carbocycles. The van der Waals surface area contributed by atoms with Crippen molar-refractivity contribution in [2.24, 2.45) is 0 Å². The van der Waals surface area contributed by atoms with Gasteiger partial charge in [0, 0.05) is 18.2 Å². The number of nitriles is 1. The van der Waals surface area contributed by atoms with E-state index in [1.54, 1.807) is 4.90 Å². The van der Waals surface area contributed by atoms with Crippen LogP contribution in [0, 0.1) is 18.3 Å². The van der Waals surface area contributed by atoms with Gasteiger partial charge in [0.1, 0.15) is 11.9 Å². The van der Waals surface area contributed by atoms with E-state index in [0.29, 0.717) is 18.9 Å². The molecule has 7 nitrogen and oxygen atoms in total. The third-order valence-electron chi connectivity index (χ3n) is 4.66. The summed E-state index contributed by atoms with van der Waals surface area (Å²) in [6, 6.07) is 11.9. The predicted octanol–water partition coefficient (Wildman–Crippen LogP) is 1.75. The Morgan fingerprint density at radius 1 is 1.42 bits per heavy atom. The van der Waals surface area contributed by atoms with Gasteiger partial charge in [0.2, 0.25) is 5.91 Å². The predicted molar refractivity (Wildman–Crippen MR) is 98.0 cm³/mol. The molecule has 7 heteroatoms. The summed E-state index contributed by atoms with van der Waals surface area (Å²) in [5.74, 6) is 1.54. The molecule has 1 aromatic heterocycles. The molecular formula is C19H24N6O. The van der Waals surface area contributed by atoms with Gasteiger partial charge in [-0.25, -0.2) is 9.67 Å². The number of carbonyl (C=O) groups excluding carboxylic acids is 1. The Labute approximate surface area is 153 Å². The second-order valence-electron chi connectivity index (χ2n) is 6.69. The van der Waals surface area contributed by atoms with Gasteiger partial charge in [0.15, 0.2) is 5.82 Å². The van der Waals surface area contributed by atoms with Crippen LogP contribution < -0.4 is 5.32 Å². The first-order valence-corrected chi connectivity index (χ1v) is 8.98. The van der Waals surface area contributed by atoms with E-state index in [4.69, 9.17) is 5.26 Å². The number of nitrogens with one attached hydrogen (secondary N) is 1. The number of aromatic nitrogens is 3. The molecular weight excluding hydrogens is 328 g/mol. The number of carbonyl (C=O) groups is 1. The summed E-state index contributed by atoms with van der Waals surface area (Å²) in [4.78, 5) is 18.5. The fourth-order valence-corrected chi connectivity index (χ4v) is 3.19. The molecule has 3 rings (SSSR count). The summed E-state index contributed by atoms with van der Waals surface area (Å²) in [5.41, 5.74) is 0.988. The van der Waals surface area contributed by atoms with Crippen molar-refractivity contribution >= 4 is 5.91 Å². The van der Waals surface area contributed by atoms with E-state index >= 15 is 0 Å². The van der Waals surface area contributed by atoms with Gasteiger partial charge in [0.25, 0.3) is 0 Å². The first-order valence-electron chi connectivity index (χ1n) is 8.98. The van der Waals surface area contributed by atoms with Crippen LogP contribution in [0.25, 0.3) is 11.4 Å². The molecule has 0 bridgehead atoms. The smallest absolute Gasteiger partial charge is 0.237 e. The highest BCUT2D eigenvalue weighted by Crippen LogP contribution is 2.16. The number of hydrogen-bond acceptors (Lipinski definition) is 5. The Bertz CT molecular complexity index is 794. The molecule has 2 atom stereocenters. The van der Waals surface area contributed by atoms with Crippen LogP contribution in [0.2, 0.25) is 0 Å². The van der Waals surface area contributed by atoms with Gasteiger partial charge in [-0.2, -0.15) is 10.4 Å². The van der Waals surface area contributed by atoms with Crippen LogP contribution in [0.4, 0.5) is 0 Å². The van der Waals surface area contributed by atoms with Crippen LogP contribution in [0.1, 0.15) is 25.6 Å². The molecule has 1 amide bonds. The molecule has 1 N–H and O–H groups in total. The van der Waals surface area contributed by atoms with Crippen molar-refractivity contribution < 1.29 is 4.79 Å². The molecule has 2 heterocycles. The van der Waals surface area contributed by atoms with Gasteiger partial charge in [-0.3, -0.25) is 4.79 Å². The Hall–Kier alpha value is -2.72. The minimum Gasteiger partial charge on any atom is -0.326 e. The molecule has 1 fully saturated rings. The zero-order chi connectivity index (χ0) is 18.5. The molecule has 1 aliphatic heterocycles. The molecule has 1 saturated heterocycles. The van der Waals surface area contributed by atoms with Crippen LogP contribution in [0.5, 0.6) is 0 Å². The Morgan fingerprint density at radius 2 is 2.19 bits per heavy atom. The lowest BCUT2D eigenvalue weighted by Gasteiger charge is -2.21. The molecule has 0 saturated carbocycles. The van der Waals surface area contributed by atoms with Gasteiger partial charge >= 0.3 is 0 Å². The van der Waals surface area contributed by atoms with Crippen molar-refractivity contribution in [3.8, 4) is 17.5 Å². The number of aryl methyl sites for hydroxylation is 1. The van der Waals surface area contributed by atoms with E-state index in [-0.39, 0.29) is 24.5 Å². The molecule has 26 heavy (non-hydrogen) atoms. The highest BCUT2D eigenvalue weighted by Gasteiger charge is 2.28. The SMILES string of the molecule is Cc1nc(-c2ccccc2)nn1CC(C)NCC(=O)N1CCCC1C#N. The summed E-state index contributed by atoms with van der Waals surface area (Å²) in [5, 5.41) is 16.9. The molecule has 136 valence electrons. The second-order valence-corrected chi connectivity index (χ2v) is 6.69. The maximum absolute atomic E-state index is 12.3. The molecule has 1 aliphatic rings. The fourth-order valence-electron chi connectivity index (χ4n) is 3.19. The minimum atomic E-state index is -0.273. The summed E-state index contributed by atoms with van der Waals surface area (Å²) < 4.78 is 1.86. The number of rotatable bonds is 6. The standard InChI is InChI=1S/C19H24N6O/c1-14(21-12-18(26)24-10-6-9-17(24)11-20)13-25-15(2)22-19(23-25)16-7-4-3-5-8-16/h3-5,7-8,14,17,21H,6,9-10,12-13H2,1-2H3. The Morgan fingerprint density at radius 3 is 2.92 bits per heavy atom. The average Bonchev–Trinajstić information content (AvgIpc) is 3.27. The normalized spacial score (nSPS) is 17.9. The molecule has 0 radical (unpaired) electrons. The largest absolute Gasteiger partial charge is 0.326 e. The number of amides is 1. The summed E-state index contributed by atoms with van der Waals surface area (Å²) in [7, 11) is 0. The van der Waals surface area contributed by atoms with E-state index in [2.05, 4.69) is 21.5 Å². The van der Waals surface area contributed by atoms with E-state index in [9.17, 15) is 4.79 Å². The maximum Gasteiger partial charge on any atom is 0.237 e. The van der Waals surface area contributed by atoms with E-state index < -0.39 is 0 Å². The van der Waals surface area contributed by atoms with Gasteiger partial charge in [0.05, 0.1) is 19.2 Å². The lowest BCUT2D eigenvalue weighted by atomic mass is 10.2. The molecule has 0 spiro atoms. The summed E-state index contributed by atoms with van der Waals surface area (Å²) in [6.07, 6.45) is 1.68. The molecule has 2 unspecified atom stereocenters. The highest BCUT2D eigenvalue weighted by molar-refractivity contribution is 5.79. The zero-order valence-corrected chi connectivity index (χ0v) is 15.2. The Kier molecular flexibility index (Phi) is 5.64. The van der Waals surface area contributed by atoms with Crippen molar-refractivity contribution in [1.82, 2.24) is 25.0 Å². The number of benzene rings is 1. The van der Waals surface area contributed by atoms with Crippen LogP contribution >= 0.6 is 0 Å². The van der Waals surface area contributed by atoms with Crippen molar-refractivity contribution in [3.63, 3.8) is 0 Å². The van der Waals surface area contributed by atoms with Gasteiger partial charge in [-0.05, 0) is 26.7 Å². The molecule has 2 aromatic rings. The van der Waals surface area contributed by atoms with Crippen LogP contribution in [0.3, 0.4) is 0 Å². The van der Waals surface area contributed by atoms with E-state index in [1.807, 2.05) is 48.9 Å². The minimum absolute atomic E-state index is 0.0128. The fraction of sp³-hybridized carbons (Fsp3) is 0.474. The summed E-state index contributed by atoms with van der Waals surface area (Å²) in [6.45, 7) is 5.48. The zero-order valence-electron chi connectivity index (χ0n) is 15.2. The number of nitrogens with zero attached hydrogens (tertiary/aromatic N) is 5. The summed E-state index contributed by atoms with van der Waals surface area (Å²) >= 11 is 0.